The normalized spacial score (nSPS) is 8.38. The van der Waals surface area contributed by atoms with Crippen LogP contribution >= 0.6 is 0 Å². The van der Waals surface area contributed by atoms with Gasteiger partial charge in [0.2, 0.25) is 0 Å². The third-order valence-electron chi connectivity index (χ3n) is 1.07. The van der Waals surface area contributed by atoms with Crippen molar-refractivity contribution >= 4 is 5.78 Å². The summed E-state index contributed by atoms with van der Waals surface area (Å²) < 4.78 is 8.19. The number of Topliss-reactive ketones (excluding diaryl/α,β-unsaturated/α-hetero) is 1. The molecule has 1 N–H and O–H groups in total. The molecule has 5 heteroatoms. The standard InChI is InChI=1S/C6H10O2.2CH3.O.V.Y/c1-4(5(2)7)6(3)8;;;;;/h7H,1-3H3;2*1H3;;;/q;2*-1;;+2;/b5-4-;;;;;. The predicted molar refractivity (Wildman–Crippen MR) is 45.2 cm³/mol. The van der Waals surface area contributed by atoms with Crippen LogP contribution in [0.3, 0.4) is 0 Å². The zero-order valence-electron chi connectivity index (χ0n) is 8.79. The molecule has 74 valence electrons. The summed E-state index contributed by atoms with van der Waals surface area (Å²) in [6.07, 6.45) is 0. The summed E-state index contributed by atoms with van der Waals surface area (Å²) in [7, 11) is 0. The molecule has 0 bridgehead atoms. The Bertz CT molecular complexity index is 153. The molecule has 0 fully saturated rings. The van der Waals surface area contributed by atoms with E-state index in [-0.39, 0.29) is 59.1 Å². The number of hydrogen-bond acceptors (Lipinski definition) is 3. The topological polar surface area (TPSA) is 54.4 Å². The maximum atomic E-state index is 10.4. The van der Waals surface area contributed by atoms with Crippen molar-refractivity contribution in [3.63, 3.8) is 0 Å². The molecule has 3 nitrogen and oxygen atoms in total. The number of aliphatic hydroxyl groups excluding tert-OH is 1. The van der Waals surface area contributed by atoms with Gasteiger partial charge in [0.05, 0.1) is 5.76 Å². The second-order valence-electron chi connectivity index (χ2n) is 1.77. The van der Waals surface area contributed by atoms with E-state index in [2.05, 4.69) is 0 Å². The van der Waals surface area contributed by atoms with Crippen LogP contribution < -0.4 is 0 Å². The van der Waals surface area contributed by atoms with Gasteiger partial charge in [-0.1, -0.05) is 0 Å². The van der Waals surface area contributed by atoms with Crippen LogP contribution in [-0.4, -0.2) is 10.9 Å². The summed E-state index contributed by atoms with van der Waals surface area (Å²) in [5, 5.41) is 8.65. The van der Waals surface area contributed by atoms with Crippen LogP contribution in [0.15, 0.2) is 11.3 Å². The summed E-state index contributed by atoms with van der Waals surface area (Å²) in [6, 6.07) is 0. The Kier molecular flexibility index (Phi) is 41.5. The van der Waals surface area contributed by atoms with Crippen molar-refractivity contribution in [3.8, 4) is 0 Å². The summed E-state index contributed by atoms with van der Waals surface area (Å²) in [6.45, 7) is 4.52. The molecule has 0 heterocycles. The van der Waals surface area contributed by atoms with Crippen LogP contribution in [0.4, 0.5) is 0 Å². The molecule has 0 aromatic carbocycles. The van der Waals surface area contributed by atoms with Crippen molar-refractivity contribution < 1.29 is 63.7 Å². The van der Waals surface area contributed by atoms with Gasteiger partial charge in [-0.2, -0.15) is 0 Å². The Morgan fingerprint density at radius 1 is 1.08 bits per heavy atom. The Hall–Kier alpha value is 0.698. The van der Waals surface area contributed by atoms with Gasteiger partial charge in [-0.3, -0.25) is 4.79 Å². The van der Waals surface area contributed by atoms with E-state index in [1.165, 1.54) is 13.8 Å². The molecule has 13 heavy (non-hydrogen) atoms. The largest absolute Gasteiger partial charge is 0 e. The van der Waals surface area contributed by atoms with Crippen LogP contribution in [0.1, 0.15) is 20.8 Å². The number of carbonyl (C=O) groups excluding carboxylic acids is 1. The fourth-order valence-corrected chi connectivity index (χ4v) is 0.255. The third kappa shape index (κ3) is 19.2. The summed E-state index contributed by atoms with van der Waals surface area (Å²) in [4.78, 5) is 10.4. The zero-order chi connectivity index (χ0) is 8.73. The van der Waals surface area contributed by atoms with Gasteiger partial charge in [0.1, 0.15) is 0 Å². The van der Waals surface area contributed by atoms with Crippen LogP contribution in [0.5, 0.6) is 0 Å². The van der Waals surface area contributed by atoms with E-state index in [4.69, 9.17) is 8.78 Å². The van der Waals surface area contributed by atoms with E-state index in [1.807, 2.05) is 0 Å². The summed E-state index contributed by atoms with van der Waals surface area (Å²) >= 11 is 1.06. The van der Waals surface area contributed by atoms with Gasteiger partial charge < -0.3 is 20.0 Å². The first-order valence-corrected chi connectivity index (χ1v) is 3.18. The molecule has 0 unspecified atom stereocenters. The van der Waals surface area contributed by atoms with Crippen molar-refractivity contribution in [1.82, 2.24) is 0 Å². The van der Waals surface area contributed by atoms with Crippen molar-refractivity contribution in [2.75, 3.05) is 0 Å². The minimum Gasteiger partial charge on any atom is 0 e. The number of rotatable bonds is 1. The fourth-order valence-electron chi connectivity index (χ4n) is 0.255. The number of hydrogen-bond donors (Lipinski definition) is 1. The maximum absolute atomic E-state index is 10.4. The van der Waals surface area contributed by atoms with Crippen LogP contribution in [-0.2, 0) is 58.5 Å². The molecule has 1 radical (unpaired) electrons. The number of allylic oxidation sites excluding steroid dienone is 2. The molecular weight excluding hydrogens is 284 g/mol. The van der Waals surface area contributed by atoms with E-state index in [0.29, 0.717) is 5.57 Å². The number of carbonyl (C=O) groups is 1. The molecule has 0 rings (SSSR count). The second kappa shape index (κ2) is 18.5. The molecule has 0 aliphatic rings. The Balaban J connectivity index is -0.0000000398. The average molecular weight is 300 g/mol. The van der Waals surface area contributed by atoms with Crippen LogP contribution in [0.2, 0.25) is 0 Å². The van der Waals surface area contributed by atoms with Crippen molar-refractivity contribution in [2.45, 2.75) is 20.8 Å². The first-order chi connectivity index (χ1) is 4.55. The maximum Gasteiger partial charge on any atom is 0 e. The fraction of sp³-hybridized carbons (Fsp3) is 0.375. The summed E-state index contributed by atoms with van der Waals surface area (Å²) in [5.74, 6) is 0.0301. The first kappa shape index (κ1) is 29.2. The van der Waals surface area contributed by atoms with Gasteiger partial charge in [-0.15, -0.1) is 0 Å². The van der Waals surface area contributed by atoms with E-state index < -0.39 is 0 Å². The van der Waals surface area contributed by atoms with Crippen molar-refractivity contribution in [2.24, 2.45) is 0 Å². The van der Waals surface area contributed by atoms with Crippen molar-refractivity contribution in [3.05, 3.63) is 26.2 Å². The van der Waals surface area contributed by atoms with E-state index >= 15 is 0 Å². The third-order valence-corrected chi connectivity index (χ3v) is 1.07. The minimum atomic E-state index is -0.0787. The molecule has 0 saturated carbocycles. The molecule has 0 aliphatic carbocycles. The zero-order valence-corrected chi connectivity index (χ0v) is 13.0. The Morgan fingerprint density at radius 2 is 1.31 bits per heavy atom. The SMILES string of the molecule is CC(=O)/C(C)=C(/C)O.[CH3-].[CH3-].[O]=[V+2].[Y]. The first-order valence-electron chi connectivity index (χ1n) is 2.61. The Labute approximate surface area is 115 Å². The van der Waals surface area contributed by atoms with Crippen LogP contribution in [0, 0.1) is 14.9 Å². The smallest absolute Gasteiger partial charge is 0 e. The molecular formula is C8H16O3VY. The van der Waals surface area contributed by atoms with E-state index in [1.54, 1.807) is 6.92 Å². The molecule has 0 spiro atoms. The van der Waals surface area contributed by atoms with Gasteiger partial charge in [0.25, 0.3) is 0 Å². The van der Waals surface area contributed by atoms with Gasteiger partial charge in [0, 0.05) is 38.3 Å². The molecule has 0 aliphatic heterocycles. The predicted octanol–water partition coefficient (Wildman–Crippen LogP) is 2.20. The average Bonchev–Trinajstić information content (AvgIpc) is 1.90. The summed E-state index contributed by atoms with van der Waals surface area (Å²) in [5.41, 5.74) is 0.435. The van der Waals surface area contributed by atoms with Gasteiger partial charge >= 0.3 is 21.0 Å². The van der Waals surface area contributed by atoms with E-state index in [9.17, 15) is 4.79 Å². The minimum absolute atomic E-state index is 0. The molecule has 0 amide bonds. The monoisotopic (exact) mass is 300 g/mol. The quantitative estimate of drug-likeness (QED) is 0.459. The van der Waals surface area contributed by atoms with Gasteiger partial charge in [-0.05, 0) is 20.8 Å². The second-order valence-corrected chi connectivity index (χ2v) is 1.77. The van der Waals surface area contributed by atoms with Crippen LogP contribution in [0.25, 0.3) is 0 Å². The molecule has 0 aromatic rings. The van der Waals surface area contributed by atoms with Crippen molar-refractivity contribution in [1.29, 1.82) is 0 Å². The number of aliphatic hydroxyl groups is 1. The number of ketones is 1. The Morgan fingerprint density at radius 3 is 1.31 bits per heavy atom. The molecule has 0 aromatic heterocycles. The van der Waals surface area contributed by atoms with E-state index in [0.717, 1.165) is 17.4 Å². The molecule has 0 atom stereocenters. The van der Waals surface area contributed by atoms with Gasteiger partial charge in [-0.25, -0.2) is 0 Å². The van der Waals surface area contributed by atoms with Gasteiger partial charge in [0.15, 0.2) is 5.78 Å². The molecule has 0 saturated heterocycles.